The van der Waals surface area contributed by atoms with Crippen LogP contribution in [0.2, 0.25) is 0 Å². The monoisotopic (exact) mass is 368 g/mol. The summed E-state index contributed by atoms with van der Waals surface area (Å²) in [6.07, 6.45) is 1.52. The maximum Gasteiger partial charge on any atom is 0.265 e. The number of amides is 2. The molecule has 1 aromatic rings. The van der Waals surface area contributed by atoms with E-state index in [1.54, 1.807) is 18.2 Å². The van der Waals surface area contributed by atoms with Gasteiger partial charge in [0.05, 0.1) is 11.1 Å². The second-order valence-corrected chi connectivity index (χ2v) is 5.55. The SMILES string of the molecule is CCOc1ccc(/C=C2/C(=O)NC(=S)N(C)C2=O)cc1Br. The molecule has 2 amide bonds. The van der Waals surface area contributed by atoms with Crippen LogP contribution >= 0.6 is 28.1 Å². The first-order valence-corrected chi connectivity index (χ1v) is 7.41. The molecule has 1 N–H and O–H groups in total. The van der Waals surface area contributed by atoms with Crippen LogP contribution < -0.4 is 10.1 Å². The molecule has 7 heteroatoms. The Balaban J connectivity index is 2.34. The molecule has 1 aromatic carbocycles. The number of hydrogen-bond donors (Lipinski definition) is 1. The third kappa shape index (κ3) is 3.30. The average Bonchev–Trinajstić information content (AvgIpc) is 2.44. The van der Waals surface area contributed by atoms with Crippen LogP contribution in [0.25, 0.3) is 6.08 Å². The smallest absolute Gasteiger partial charge is 0.265 e. The number of hydrogen-bond acceptors (Lipinski definition) is 4. The fourth-order valence-electron chi connectivity index (χ4n) is 1.79. The highest BCUT2D eigenvalue weighted by atomic mass is 79.9. The van der Waals surface area contributed by atoms with E-state index in [0.717, 1.165) is 4.47 Å². The van der Waals surface area contributed by atoms with Gasteiger partial charge in [0.15, 0.2) is 5.11 Å². The number of nitrogens with one attached hydrogen (secondary N) is 1. The molecule has 1 fully saturated rings. The lowest BCUT2D eigenvalue weighted by molar-refractivity contribution is -0.128. The summed E-state index contributed by atoms with van der Waals surface area (Å²) in [7, 11) is 1.52. The van der Waals surface area contributed by atoms with E-state index in [2.05, 4.69) is 21.2 Å². The molecule has 1 aliphatic heterocycles. The highest BCUT2D eigenvalue weighted by Crippen LogP contribution is 2.27. The van der Waals surface area contributed by atoms with Crippen LogP contribution in [0.1, 0.15) is 12.5 Å². The molecule has 21 heavy (non-hydrogen) atoms. The van der Waals surface area contributed by atoms with Gasteiger partial charge in [-0.3, -0.25) is 19.8 Å². The lowest BCUT2D eigenvalue weighted by Crippen LogP contribution is -2.52. The average molecular weight is 369 g/mol. The Labute approximate surface area is 136 Å². The molecule has 0 atom stereocenters. The number of rotatable bonds is 3. The largest absolute Gasteiger partial charge is 0.493 e. The normalized spacial score (nSPS) is 17.2. The molecule has 1 heterocycles. The van der Waals surface area contributed by atoms with Crippen molar-refractivity contribution in [2.24, 2.45) is 0 Å². The molecule has 0 aliphatic carbocycles. The highest BCUT2D eigenvalue weighted by molar-refractivity contribution is 9.10. The predicted molar refractivity (Wildman–Crippen MR) is 86.8 cm³/mol. The molecule has 0 aromatic heterocycles. The Bertz CT molecular complexity index is 658. The summed E-state index contributed by atoms with van der Waals surface area (Å²) in [6, 6.07) is 5.33. The van der Waals surface area contributed by atoms with Crippen LogP contribution in [0.3, 0.4) is 0 Å². The minimum Gasteiger partial charge on any atom is -0.493 e. The van der Waals surface area contributed by atoms with E-state index in [-0.39, 0.29) is 10.7 Å². The standard InChI is InChI=1S/C14H13BrN2O3S/c1-3-20-11-5-4-8(7-10(11)15)6-9-12(18)16-14(21)17(2)13(9)19/h4-7H,3H2,1-2H3,(H,16,18,21)/b9-6-. The molecular weight excluding hydrogens is 356 g/mol. The molecule has 1 saturated heterocycles. The van der Waals surface area contributed by atoms with Gasteiger partial charge in [-0.25, -0.2) is 0 Å². The lowest BCUT2D eigenvalue weighted by atomic mass is 10.1. The van der Waals surface area contributed by atoms with Crippen molar-refractivity contribution in [3.63, 3.8) is 0 Å². The van der Waals surface area contributed by atoms with Gasteiger partial charge in [0.25, 0.3) is 11.8 Å². The van der Waals surface area contributed by atoms with E-state index >= 15 is 0 Å². The molecule has 0 bridgehead atoms. The van der Waals surface area contributed by atoms with Gasteiger partial charge in [-0.15, -0.1) is 0 Å². The first-order chi connectivity index (χ1) is 9.93. The van der Waals surface area contributed by atoms with Gasteiger partial charge in [-0.05, 0) is 58.8 Å². The van der Waals surface area contributed by atoms with Crippen molar-refractivity contribution in [3.8, 4) is 5.75 Å². The Kier molecular flexibility index (Phi) is 4.74. The van der Waals surface area contributed by atoms with E-state index in [4.69, 9.17) is 17.0 Å². The maximum absolute atomic E-state index is 12.1. The van der Waals surface area contributed by atoms with Crippen LogP contribution in [0.15, 0.2) is 28.2 Å². The van der Waals surface area contributed by atoms with Gasteiger partial charge >= 0.3 is 0 Å². The summed E-state index contributed by atoms with van der Waals surface area (Å²) in [5.41, 5.74) is 0.757. The molecule has 1 aliphatic rings. The number of halogens is 1. The summed E-state index contributed by atoms with van der Waals surface area (Å²) >= 11 is 8.28. The van der Waals surface area contributed by atoms with Crippen LogP contribution in [0, 0.1) is 0 Å². The van der Waals surface area contributed by atoms with Crippen LogP contribution in [-0.2, 0) is 9.59 Å². The lowest BCUT2D eigenvalue weighted by Gasteiger charge is -2.25. The third-order valence-corrected chi connectivity index (χ3v) is 3.87. The van der Waals surface area contributed by atoms with E-state index in [9.17, 15) is 9.59 Å². The number of thiocarbonyl (C=S) groups is 1. The maximum atomic E-state index is 12.1. The van der Waals surface area contributed by atoms with Crippen molar-refractivity contribution in [2.45, 2.75) is 6.92 Å². The predicted octanol–water partition coefficient (Wildman–Crippen LogP) is 2.10. The number of likely N-dealkylation sites (N-methyl/N-ethyl adjacent to an activating group) is 1. The summed E-state index contributed by atoms with van der Waals surface area (Å²) in [6.45, 7) is 2.45. The minimum absolute atomic E-state index is 0.0437. The van der Waals surface area contributed by atoms with Crippen molar-refractivity contribution in [1.29, 1.82) is 0 Å². The summed E-state index contributed by atoms with van der Waals surface area (Å²) in [5.74, 6) is -0.209. The zero-order valence-corrected chi connectivity index (χ0v) is 13.9. The second kappa shape index (κ2) is 6.36. The number of benzene rings is 1. The van der Waals surface area contributed by atoms with Gasteiger partial charge in [-0.2, -0.15) is 0 Å². The Morgan fingerprint density at radius 1 is 1.43 bits per heavy atom. The summed E-state index contributed by atoms with van der Waals surface area (Å²) in [4.78, 5) is 25.2. The third-order valence-electron chi connectivity index (χ3n) is 2.87. The molecular formula is C14H13BrN2O3S. The zero-order valence-electron chi connectivity index (χ0n) is 11.5. The van der Waals surface area contributed by atoms with E-state index in [1.807, 2.05) is 6.92 Å². The van der Waals surface area contributed by atoms with Crippen LogP contribution in [-0.4, -0.2) is 35.5 Å². The van der Waals surface area contributed by atoms with Gasteiger partial charge < -0.3 is 4.74 Å². The molecule has 2 rings (SSSR count). The Morgan fingerprint density at radius 2 is 2.14 bits per heavy atom. The van der Waals surface area contributed by atoms with Crippen molar-refractivity contribution >= 4 is 51.2 Å². The Morgan fingerprint density at radius 3 is 2.76 bits per heavy atom. The van der Waals surface area contributed by atoms with Crippen LogP contribution in [0.4, 0.5) is 0 Å². The number of carbonyl (C=O) groups is 2. The van der Waals surface area contributed by atoms with Gasteiger partial charge in [0.1, 0.15) is 11.3 Å². The van der Waals surface area contributed by atoms with Crippen molar-refractivity contribution in [2.75, 3.05) is 13.7 Å². The van der Waals surface area contributed by atoms with Crippen molar-refractivity contribution in [3.05, 3.63) is 33.8 Å². The van der Waals surface area contributed by atoms with Gasteiger partial charge in [-0.1, -0.05) is 6.07 Å². The molecule has 0 saturated carbocycles. The number of ether oxygens (including phenoxy) is 1. The molecule has 0 unspecified atom stereocenters. The van der Waals surface area contributed by atoms with E-state index in [0.29, 0.717) is 17.9 Å². The molecule has 0 spiro atoms. The van der Waals surface area contributed by atoms with Crippen molar-refractivity contribution in [1.82, 2.24) is 10.2 Å². The number of carbonyl (C=O) groups excluding carboxylic acids is 2. The zero-order chi connectivity index (χ0) is 15.6. The minimum atomic E-state index is -0.492. The molecule has 0 radical (unpaired) electrons. The fraction of sp³-hybridized carbons (Fsp3) is 0.214. The Hall–Kier alpha value is -1.73. The molecule has 5 nitrogen and oxygen atoms in total. The first-order valence-electron chi connectivity index (χ1n) is 6.21. The second-order valence-electron chi connectivity index (χ2n) is 4.30. The highest BCUT2D eigenvalue weighted by Gasteiger charge is 2.30. The van der Waals surface area contributed by atoms with E-state index < -0.39 is 11.8 Å². The molecule has 110 valence electrons. The van der Waals surface area contributed by atoms with Crippen LogP contribution in [0.5, 0.6) is 5.75 Å². The number of nitrogens with zero attached hydrogens (tertiary/aromatic N) is 1. The first kappa shape index (κ1) is 15.7. The van der Waals surface area contributed by atoms with Crippen molar-refractivity contribution < 1.29 is 14.3 Å². The van der Waals surface area contributed by atoms with Gasteiger partial charge in [0.2, 0.25) is 0 Å². The van der Waals surface area contributed by atoms with Gasteiger partial charge in [0, 0.05) is 7.05 Å². The van der Waals surface area contributed by atoms with E-state index in [1.165, 1.54) is 18.0 Å². The quantitative estimate of drug-likeness (QED) is 0.504. The summed E-state index contributed by atoms with van der Waals surface area (Å²) in [5, 5.41) is 2.58. The topological polar surface area (TPSA) is 58.6 Å². The summed E-state index contributed by atoms with van der Waals surface area (Å²) < 4.78 is 6.17. The fourth-order valence-corrected chi connectivity index (χ4v) is 2.48.